The van der Waals surface area contributed by atoms with Gasteiger partial charge in [-0.25, -0.2) is 0 Å². The minimum Gasteiger partial charge on any atom is -0.381 e. The van der Waals surface area contributed by atoms with Gasteiger partial charge < -0.3 is 10.1 Å². The Kier molecular flexibility index (Phi) is 5.13. The molecule has 0 spiro atoms. The Balaban J connectivity index is 1.57. The van der Waals surface area contributed by atoms with Crippen LogP contribution < -0.4 is 5.32 Å². The summed E-state index contributed by atoms with van der Waals surface area (Å²) >= 11 is 1.65. The Morgan fingerprint density at radius 1 is 1.41 bits per heavy atom. The molecule has 2 heterocycles. The zero-order valence-corrected chi connectivity index (χ0v) is 14.6. The first-order chi connectivity index (χ1) is 10.6. The Bertz CT molecular complexity index is 448. The summed E-state index contributed by atoms with van der Waals surface area (Å²) in [6, 6.07) is 0.510. The van der Waals surface area contributed by atoms with Crippen LogP contribution in [-0.4, -0.2) is 35.1 Å². The minimum absolute atomic E-state index is 0.0388. The van der Waals surface area contributed by atoms with E-state index in [9.17, 15) is 4.79 Å². The lowest BCUT2D eigenvalue weighted by atomic mass is 9.94. The number of hydrogen-bond donors (Lipinski definition) is 1. The molecule has 22 heavy (non-hydrogen) atoms. The van der Waals surface area contributed by atoms with Crippen molar-refractivity contribution in [2.24, 2.45) is 16.8 Å². The van der Waals surface area contributed by atoms with Crippen molar-refractivity contribution in [3.8, 4) is 0 Å². The minimum atomic E-state index is -0.389. The molecule has 0 radical (unpaired) electrons. The number of amidine groups is 1. The molecule has 0 aromatic rings. The lowest BCUT2D eigenvalue weighted by Crippen LogP contribution is -2.36. The van der Waals surface area contributed by atoms with E-state index in [4.69, 9.17) is 4.74 Å². The van der Waals surface area contributed by atoms with Crippen molar-refractivity contribution >= 4 is 22.8 Å². The fourth-order valence-corrected chi connectivity index (χ4v) is 5.30. The zero-order valence-electron chi connectivity index (χ0n) is 13.8. The largest absolute Gasteiger partial charge is 0.381 e. The number of carbonyl (C=O) groups excluding carboxylic acids is 1. The maximum absolute atomic E-state index is 12.4. The van der Waals surface area contributed by atoms with Gasteiger partial charge in [-0.05, 0) is 50.9 Å². The van der Waals surface area contributed by atoms with E-state index in [1.54, 1.807) is 11.8 Å². The van der Waals surface area contributed by atoms with Gasteiger partial charge in [0.25, 0.3) is 5.91 Å². The first-order valence-corrected chi connectivity index (χ1v) is 9.59. The molecule has 1 saturated carbocycles. The van der Waals surface area contributed by atoms with E-state index in [1.807, 2.05) is 0 Å². The summed E-state index contributed by atoms with van der Waals surface area (Å²) in [5.41, 5.74) is 0. The van der Waals surface area contributed by atoms with E-state index in [0.717, 1.165) is 37.1 Å². The predicted octanol–water partition coefficient (Wildman–Crippen LogP) is 3.36. The van der Waals surface area contributed by atoms with Crippen LogP contribution >= 0.6 is 11.8 Å². The molecule has 3 aliphatic rings. The highest BCUT2D eigenvalue weighted by Gasteiger charge is 2.44. The molecule has 2 aliphatic heterocycles. The van der Waals surface area contributed by atoms with E-state index in [0.29, 0.717) is 12.0 Å². The summed E-state index contributed by atoms with van der Waals surface area (Å²) < 4.78 is 5.06. The number of thioether (sulfide) groups is 1. The standard InChI is InChI=1S/C17H28N2O2S/c1-3-5-13-6-4-7-14(13)18-16-19-15(20)17(2,22-16)10-12-8-9-21-11-12/h12-14H,3-11H2,1-2H3,(H,18,19,20)/t12?,13?,14-,17?/m0/s1. The normalized spacial score (nSPS) is 38.5. The van der Waals surface area contributed by atoms with E-state index >= 15 is 0 Å². The van der Waals surface area contributed by atoms with Crippen LogP contribution in [0.25, 0.3) is 0 Å². The van der Waals surface area contributed by atoms with Crippen molar-refractivity contribution in [3.63, 3.8) is 0 Å². The van der Waals surface area contributed by atoms with Gasteiger partial charge in [-0.15, -0.1) is 0 Å². The third-order valence-corrected chi connectivity index (χ3v) is 6.50. The van der Waals surface area contributed by atoms with Crippen LogP contribution in [0.1, 0.15) is 58.8 Å². The summed E-state index contributed by atoms with van der Waals surface area (Å²) in [6.45, 7) is 5.94. The van der Waals surface area contributed by atoms with Gasteiger partial charge in [-0.2, -0.15) is 4.99 Å². The molecule has 0 aromatic carbocycles. The Morgan fingerprint density at radius 3 is 3.00 bits per heavy atom. The Morgan fingerprint density at radius 2 is 2.27 bits per heavy atom. The summed E-state index contributed by atoms with van der Waals surface area (Å²) in [5, 5.41) is 4.44. The average Bonchev–Trinajstić information content (AvgIpc) is 3.16. The number of nitrogens with one attached hydrogen (secondary N) is 1. The van der Waals surface area contributed by atoms with E-state index in [2.05, 4.69) is 24.2 Å². The van der Waals surface area contributed by atoms with Gasteiger partial charge in [0.1, 0.15) is 4.75 Å². The topological polar surface area (TPSA) is 50.7 Å². The highest BCUT2D eigenvalue weighted by molar-refractivity contribution is 8.16. The molecule has 1 amide bonds. The molecular formula is C17H28N2O2S. The van der Waals surface area contributed by atoms with Crippen molar-refractivity contribution in [1.29, 1.82) is 0 Å². The SMILES string of the molecule is CCCC1CCC[C@@H]1NC1=NC(=O)C(C)(CC2CCOC2)S1. The number of aliphatic imine (C=N–C) groups is 1. The number of ether oxygens (including phenoxy) is 1. The number of hydrogen-bond acceptors (Lipinski definition) is 4. The second-order valence-corrected chi connectivity index (χ2v) is 8.71. The van der Waals surface area contributed by atoms with Gasteiger partial charge in [0.05, 0.1) is 0 Å². The first-order valence-electron chi connectivity index (χ1n) is 8.77. The molecule has 4 atom stereocenters. The van der Waals surface area contributed by atoms with Crippen molar-refractivity contribution in [1.82, 2.24) is 5.32 Å². The molecule has 124 valence electrons. The third-order valence-electron chi connectivity index (χ3n) is 5.31. The maximum atomic E-state index is 12.4. The molecule has 1 saturated heterocycles. The van der Waals surface area contributed by atoms with Gasteiger partial charge in [-0.3, -0.25) is 4.79 Å². The summed E-state index contributed by atoms with van der Waals surface area (Å²) in [6.07, 6.45) is 8.30. The fourth-order valence-electron chi connectivity index (χ4n) is 4.08. The molecule has 2 fully saturated rings. The monoisotopic (exact) mass is 324 g/mol. The zero-order chi connectivity index (χ0) is 15.6. The Labute approximate surface area is 137 Å². The Hall–Kier alpha value is -0.550. The summed E-state index contributed by atoms with van der Waals surface area (Å²) in [4.78, 5) is 16.7. The number of amides is 1. The lowest BCUT2D eigenvalue weighted by molar-refractivity contribution is -0.119. The van der Waals surface area contributed by atoms with Gasteiger partial charge >= 0.3 is 0 Å². The van der Waals surface area contributed by atoms with Crippen molar-refractivity contribution in [2.75, 3.05) is 13.2 Å². The molecule has 3 rings (SSSR count). The van der Waals surface area contributed by atoms with Gasteiger partial charge in [0, 0.05) is 19.3 Å². The highest BCUT2D eigenvalue weighted by Crippen LogP contribution is 2.41. The van der Waals surface area contributed by atoms with Gasteiger partial charge in [0.2, 0.25) is 0 Å². The second kappa shape index (κ2) is 6.91. The lowest BCUT2D eigenvalue weighted by Gasteiger charge is -2.25. The van der Waals surface area contributed by atoms with Crippen molar-refractivity contribution < 1.29 is 9.53 Å². The van der Waals surface area contributed by atoms with Crippen LogP contribution in [0.15, 0.2) is 4.99 Å². The molecule has 4 nitrogen and oxygen atoms in total. The van der Waals surface area contributed by atoms with Crippen LogP contribution in [0, 0.1) is 11.8 Å². The summed E-state index contributed by atoms with van der Waals surface area (Å²) in [7, 11) is 0. The predicted molar refractivity (Wildman–Crippen MR) is 91.2 cm³/mol. The third kappa shape index (κ3) is 3.51. The molecule has 1 N–H and O–H groups in total. The van der Waals surface area contributed by atoms with E-state index < -0.39 is 0 Å². The number of nitrogens with zero attached hydrogens (tertiary/aromatic N) is 1. The number of carbonyl (C=O) groups is 1. The molecule has 0 aromatic heterocycles. The van der Waals surface area contributed by atoms with E-state index in [1.165, 1.54) is 32.1 Å². The van der Waals surface area contributed by atoms with Crippen LogP contribution in [0.3, 0.4) is 0 Å². The average molecular weight is 324 g/mol. The fraction of sp³-hybridized carbons (Fsp3) is 0.882. The molecular weight excluding hydrogens is 296 g/mol. The number of rotatable bonds is 5. The van der Waals surface area contributed by atoms with Crippen LogP contribution in [-0.2, 0) is 9.53 Å². The molecule has 1 aliphatic carbocycles. The van der Waals surface area contributed by atoms with Crippen LogP contribution in [0.4, 0.5) is 0 Å². The first kappa shape index (κ1) is 16.3. The second-order valence-electron chi connectivity index (χ2n) is 7.22. The van der Waals surface area contributed by atoms with Gasteiger partial charge in [-0.1, -0.05) is 31.5 Å². The molecule has 3 unspecified atom stereocenters. The van der Waals surface area contributed by atoms with E-state index in [-0.39, 0.29) is 10.7 Å². The molecule has 0 bridgehead atoms. The van der Waals surface area contributed by atoms with Crippen LogP contribution in [0.5, 0.6) is 0 Å². The quantitative estimate of drug-likeness (QED) is 0.842. The van der Waals surface area contributed by atoms with Gasteiger partial charge in [0.15, 0.2) is 5.17 Å². The molecule has 5 heteroatoms. The maximum Gasteiger partial charge on any atom is 0.264 e. The van der Waals surface area contributed by atoms with Crippen molar-refractivity contribution in [3.05, 3.63) is 0 Å². The summed E-state index contributed by atoms with van der Waals surface area (Å²) in [5.74, 6) is 1.30. The smallest absolute Gasteiger partial charge is 0.264 e. The van der Waals surface area contributed by atoms with Crippen molar-refractivity contribution in [2.45, 2.75) is 69.6 Å². The van der Waals surface area contributed by atoms with Crippen LogP contribution in [0.2, 0.25) is 0 Å². The highest BCUT2D eigenvalue weighted by atomic mass is 32.2.